The number of aryl methyl sites for hydroxylation is 1. The number of carbonyl (C=O) groups excluding carboxylic acids is 2. The van der Waals surface area contributed by atoms with Crippen LogP contribution in [0.4, 0.5) is 0 Å². The predicted molar refractivity (Wildman–Crippen MR) is 110 cm³/mol. The number of pyridine rings is 1. The van der Waals surface area contributed by atoms with Crippen molar-refractivity contribution in [1.82, 2.24) is 19.5 Å². The van der Waals surface area contributed by atoms with Gasteiger partial charge in [-0.1, -0.05) is 18.2 Å². The summed E-state index contributed by atoms with van der Waals surface area (Å²) in [7, 11) is -3.57. The highest BCUT2D eigenvalue weighted by atomic mass is 32.2. The van der Waals surface area contributed by atoms with Gasteiger partial charge in [-0.2, -0.15) is 4.31 Å². The van der Waals surface area contributed by atoms with E-state index in [2.05, 4.69) is 10.3 Å². The van der Waals surface area contributed by atoms with Crippen LogP contribution in [0.25, 0.3) is 0 Å². The molecular weight excluding hydrogens is 404 g/mol. The first kappa shape index (κ1) is 20.5. The summed E-state index contributed by atoms with van der Waals surface area (Å²) in [6, 6.07) is 10.3. The molecular formula is C21H24N4O4S. The lowest BCUT2D eigenvalue weighted by molar-refractivity contribution is -0.132. The summed E-state index contributed by atoms with van der Waals surface area (Å²) < 4.78 is 27.0. The van der Waals surface area contributed by atoms with E-state index in [1.54, 1.807) is 48.5 Å². The minimum atomic E-state index is -3.57. The van der Waals surface area contributed by atoms with Crippen LogP contribution in [0.3, 0.4) is 0 Å². The van der Waals surface area contributed by atoms with Crippen molar-refractivity contribution in [1.29, 1.82) is 0 Å². The maximum Gasteiger partial charge on any atom is 0.243 e. The lowest BCUT2D eigenvalue weighted by Gasteiger charge is -2.43. The highest BCUT2D eigenvalue weighted by molar-refractivity contribution is 7.89. The Morgan fingerprint density at radius 1 is 1.13 bits per heavy atom. The minimum absolute atomic E-state index is 0.1000. The van der Waals surface area contributed by atoms with Crippen LogP contribution >= 0.6 is 0 Å². The summed E-state index contributed by atoms with van der Waals surface area (Å²) in [6.45, 7) is 2.99. The molecule has 0 bridgehead atoms. The number of nitrogens with zero attached hydrogens (tertiary/aromatic N) is 3. The van der Waals surface area contributed by atoms with Crippen LogP contribution in [0.15, 0.2) is 53.7 Å². The number of rotatable bonds is 6. The molecule has 1 unspecified atom stereocenters. The number of amides is 2. The van der Waals surface area contributed by atoms with Gasteiger partial charge >= 0.3 is 0 Å². The lowest BCUT2D eigenvalue weighted by Crippen LogP contribution is -2.61. The van der Waals surface area contributed by atoms with Gasteiger partial charge in [-0.05, 0) is 36.2 Å². The van der Waals surface area contributed by atoms with Gasteiger partial charge in [0.25, 0.3) is 0 Å². The molecule has 2 aromatic rings. The van der Waals surface area contributed by atoms with Gasteiger partial charge in [-0.3, -0.25) is 14.6 Å². The molecule has 2 saturated heterocycles. The Morgan fingerprint density at radius 3 is 2.53 bits per heavy atom. The molecule has 1 atom stereocenters. The summed E-state index contributed by atoms with van der Waals surface area (Å²) in [5, 5.41) is 2.87. The first-order valence-corrected chi connectivity index (χ1v) is 11.3. The fraction of sp³-hybridized carbons (Fsp3) is 0.381. The summed E-state index contributed by atoms with van der Waals surface area (Å²) in [6.07, 6.45) is 3.48. The van der Waals surface area contributed by atoms with Crippen molar-refractivity contribution in [2.24, 2.45) is 5.92 Å². The second-order valence-electron chi connectivity index (χ2n) is 7.76. The third-order valence-electron chi connectivity index (χ3n) is 5.73. The first-order valence-electron chi connectivity index (χ1n) is 9.88. The molecule has 8 nitrogen and oxygen atoms in total. The lowest BCUT2D eigenvalue weighted by atomic mass is 10.1. The maximum atomic E-state index is 12.8. The van der Waals surface area contributed by atoms with Gasteiger partial charge in [0.15, 0.2) is 0 Å². The molecule has 2 fully saturated rings. The Kier molecular flexibility index (Phi) is 5.57. The van der Waals surface area contributed by atoms with E-state index in [4.69, 9.17) is 0 Å². The molecule has 2 aliphatic heterocycles. The zero-order valence-corrected chi connectivity index (χ0v) is 17.5. The Hall–Kier alpha value is -2.78. The summed E-state index contributed by atoms with van der Waals surface area (Å²) in [4.78, 5) is 30.8. The number of likely N-dealkylation sites (tertiary alicyclic amines) is 1. The second-order valence-corrected chi connectivity index (χ2v) is 9.67. The second kappa shape index (κ2) is 8.16. The molecule has 1 N–H and O–H groups in total. The maximum absolute atomic E-state index is 12.8. The molecule has 0 saturated carbocycles. The molecule has 0 aliphatic carbocycles. The van der Waals surface area contributed by atoms with Gasteiger partial charge in [0, 0.05) is 45.0 Å². The Morgan fingerprint density at radius 2 is 1.83 bits per heavy atom. The molecule has 0 radical (unpaired) electrons. The number of aromatic nitrogens is 1. The minimum Gasteiger partial charge on any atom is -0.352 e. The van der Waals surface area contributed by atoms with Gasteiger partial charge in [0.1, 0.15) is 0 Å². The van der Waals surface area contributed by atoms with Crippen LogP contribution in [-0.2, 0) is 26.2 Å². The van der Waals surface area contributed by atoms with Crippen molar-refractivity contribution >= 4 is 21.8 Å². The number of carbonyl (C=O) groups is 2. The van der Waals surface area contributed by atoms with Crippen molar-refractivity contribution < 1.29 is 18.0 Å². The van der Waals surface area contributed by atoms with E-state index < -0.39 is 15.9 Å². The van der Waals surface area contributed by atoms with Gasteiger partial charge in [0.05, 0.1) is 16.9 Å². The van der Waals surface area contributed by atoms with Gasteiger partial charge < -0.3 is 10.2 Å². The molecule has 1 aromatic carbocycles. The standard InChI is InChI=1S/C21H24N4O4S/c1-15-4-2-3-5-19(15)30(28,29)24-13-18(14-24)25-12-17(10-20(25)26)21(27)23-11-16-6-8-22-9-7-16/h2-9,17-18H,10-14H2,1H3,(H,23,27). The SMILES string of the molecule is Cc1ccccc1S(=O)(=O)N1CC(N2CC(C(=O)NCc3ccncc3)CC2=O)C1. The van der Waals surface area contributed by atoms with Crippen molar-refractivity contribution in [3.63, 3.8) is 0 Å². The molecule has 4 rings (SSSR count). The van der Waals surface area contributed by atoms with Crippen LogP contribution in [0, 0.1) is 12.8 Å². The zero-order valence-electron chi connectivity index (χ0n) is 16.7. The fourth-order valence-electron chi connectivity index (χ4n) is 3.89. The number of benzene rings is 1. The topological polar surface area (TPSA) is 99.7 Å². The van der Waals surface area contributed by atoms with E-state index in [1.165, 1.54) is 4.31 Å². The summed E-state index contributed by atoms with van der Waals surface area (Å²) in [5.41, 5.74) is 1.64. The summed E-state index contributed by atoms with van der Waals surface area (Å²) >= 11 is 0. The molecule has 158 valence electrons. The molecule has 2 amide bonds. The first-order chi connectivity index (χ1) is 14.4. The summed E-state index contributed by atoms with van der Waals surface area (Å²) in [5.74, 6) is -0.676. The third-order valence-corrected chi connectivity index (χ3v) is 7.72. The van der Waals surface area contributed by atoms with E-state index in [1.807, 2.05) is 12.1 Å². The van der Waals surface area contributed by atoms with Crippen LogP contribution in [-0.4, -0.2) is 60.1 Å². The van der Waals surface area contributed by atoms with Gasteiger partial charge in [0.2, 0.25) is 21.8 Å². The Labute approximate surface area is 175 Å². The number of nitrogens with one attached hydrogen (secondary N) is 1. The Bertz CT molecular complexity index is 1050. The zero-order chi connectivity index (χ0) is 21.3. The van der Waals surface area contributed by atoms with Crippen LogP contribution < -0.4 is 5.32 Å². The highest BCUT2D eigenvalue weighted by Gasteiger charge is 2.45. The molecule has 1 aromatic heterocycles. The fourth-order valence-corrected chi connectivity index (χ4v) is 5.63. The third kappa shape index (κ3) is 3.95. The normalized spacial score (nSPS) is 20.2. The van der Waals surface area contributed by atoms with Crippen LogP contribution in [0.2, 0.25) is 0 Å². The van der Waals surface area contributed by atoms with Crippen molar-refractivity contribution in [3.05, 3.63) is 59.9 Å². The number of hydrogen-bond donors (Lipinski definition) is 1. The number of sulfonamides is 1. The van der Waals surface area contributed by atoms with Crippen LogP contribution in [0.5, 0.6) is 0 Å². The number of hydrogen-bond acceptors (Lipinski definition) is 5. The molecule has 9 heteroatoms. The van der Waals surface area contributed by atoms with E-state index >= 15 is 0 Å². The largest absolute Gasteiger partial charge is 0.352 e. The van der Waals surface area contributed by atoms with Crippen molar-refractivity contribution in [3.8, 4) is 0 Å². The molecule has 30 heavy (non-hydrogen) atoms. The average Bonchev–Trinajstić information content (AvgIpc) is 3.07. The van der Waals surface area contributed by atoms with E-state index in [9.17, 15) is 18.0 Å². The van der Waals surface area contributed by atoms with E-state index in [0.717, 1.165) is 5.56 Å². The van der Waals surface area contributed by atoms with E-state index in [-0.39, 0.29) is 37.4 Å². The Balaban J connectivity index is 1.33. The predicted octanol–water partition coefficient (Wildman–Crippen LogP) is 0.928. The average molecular weight is 429 g/mol. The van der Waals surface area contributed by atoms with Crippen molar-refractivity contribution in [2.45, 2.75) is 30.8 Å². The quantitative estimate of drug-likeness (QED) is 0.738. The molecule has 2 aliphatic rings. The smallest absolute Gasteiger partial charge is 0.243 e. The van der Waals surface area contributed by atoms with Crippen LogP contribution in [0.1, 0.15) is 17.5 Å². The highest BCUT2D eigenvalue weighted by Crippen LogP contribution is 2.30. The monoisotopic (exact) mass is 428 g/mol. The molecule has 3 heterocycles. The van der Waals surface area contributed by atoms with E-state index in [0.29, 0.717) is 23.5 Å². The van der Waals surface area contributed by atoms with Gasteiger partial charge in [-0.15, -0.1) is 0 Å². The van der Waals surface area contributed by atoms with Gasteiger partial charge in [-0.25, -0.2) is 8.42 Å². The molecule has 0 spiro atoms. The van der Waals surface area contributed by atoms with Crippen molar-refractivity contribution in [2.75, 3.05) is 19.6 Å².